The van der Waals surface area contributed by atoms with Crippen LogP contribution in [-0.2, 0) is 16.2 Å². The zero-order chi connectivity index (χ0) is 24.9. The minimum Gasteiger partial charge on any atom is -0.495 e. The maximum Gasteiger partial charge on any atom is 0.271 e. The van der Waals surface area contributed by atoms with Gasteiger partial charge in [0.15, 0.2) is 0 Å². The molecule has 1 aliphatic rings. The number of para-hydroxylation sites is 1. The zero-order valence-electron chi connectivity index (χ0n) is 18.7. The van der Waals surface area contributed by atoms with Gasteiger partial charge >= 0.3 is 0 Å². The molecule has 0 saturated carbocycles. The quantitative estimate of drug-likeness (QED) is 0.295. The zero-order valence-corrected chi connectivity index (χ0v) is 18.7. The molecule has 0 aliphatic carbocycles. The van der Waals surface area contributed by atoms with Gasteiger partial charge in [-0.25, -0.2) is 0 Å². The Balaban J connectivity index is 1.48. The molecule has 0 radical (unpaired) electrons. The van der Waals surface area contributed by atoms with Crippen molar-refractivity contribution >= 4 is 34.8 Å². The van der Waals surface area contributed by atoms with E-state index >= 15 is 0 Å². The molecule has 4 rings (SSSR count). The number of benzene rings is 3. The summed E-state index contributed by atoms with van der Waals surface area (Å²) in [7, 11) is 1.40. The summed E-state index contributed by atoms with van der Waals surface area (Å²) in [4.78, 5) is 48.5. The van der Waals surface area contributed by atoms with Gasteiger partial charge in [0.25, 0.3) is 11.6 Å². The highest BCUT2D eigenvalue weighted by molar-refractivity contribution is 6.19. The minimum atomic E-state index is -0.563. The number of nitrogens with zero attached hydrogens (tertiary/aromatic N) is 2. The summed E-state index contributed by atoms with van der Waals surface area (Å²) in [5.41, 5.74) is 1.47. The number of amides is 3. The predicted octanol–water partition coefficient (Wildman–Crippen LogP) is 4.09. The number of carbonyl (C=O) groups is 3. The first kappa shape index (κ1) is 23.4. The molecular weight excluding hydrogens is 454 g/mol. The fourth-order valence-electron chi connectivity index (χ4n) is 3.64. The van der Waals surface area contributed by atoms with E-state index in [1.54, 1.807) is 48.5 Å². The summed E-state index contributed by atoms with van der Waals surface area (Å²) < 4.78 is 11.1. The lowest BCUT2D eigenvalue weighted by Crippen LogP contribution is -2.28. The topological polar surface area (TPSA) is 128 Å². The third-order valence-corrected chi connectivity index (χ3v) is 5.41. The van der Waals surface area contributed by atoms with Crippen LogP contribution >= 0.6 is 0 Å². The Hall–Kier alpha value is -4.73. The summed E-state index contributed by atoms with van der Waals surface area (Å²) >= 11 is 0. The van der Waals surface area contributed by atoms with Crippen molar-refractivity contribution < 1.29 is 28.8 Å². The SMILES string of the molecule is COc1ccc([N+](=O)[O-])cc1NC(=O)c1ccccc1OCc1ccc(N2C(=O)CCC2=O)cc1. The van der Waals surface area contributed by atoms with E-state index < -0.39 is 10.8 Å². The van der Waals surface area contributed by atoms with Gasteiger partial charge in [0.1, 0.15) is 18.1 Å². The number of rotatable bonds is 8. The van der Waals surface area contributed by atoms with Crippen molar-refractivity contribution in [2.75, 3.05) is 17.3 Å². The Labute approximate surface area is 200 Å². The third-order valence-electron chi connectivity index (χ3n) is 5.41. The van der Waals surface area contributed by atoms with Gasteiger partial charge in [0.2, 0.25) is 11.8 Å². The maximum atomic E-state index is 13.0. The van der Waals surface area contributed by atoms with Crippen LogP contribution in [0.3, 0.4) is 0 Å². The summed E-state index contributed by atoms with van der Waals surface area (Å²) in [5, 5.41) is 13.7. The van der Waals surface area contributed by atoms with Gasteiger partial charge in [-0.3, -0.25) is 29.4 Å². The first-order valence-corrected chi connectivity index (χ1v) is 10.7. The molecule has 10 heteroatoms. The summed E-state index contributed by atoms with van der Waals surface area (Å²) in [6.45, 7) is 0.132. The molecule has 1 aliphatic heterocycles. The van der Waals surface area contributed by atoms with Crippen LogP contribution in [0.5, 0.6) is 11.5 Å². The van der Waals surface area contributed by atoms with E-state index in [1.807, 2.05) is 0 Å². The number of methoxy groups -OCH3 is 1. The molecular formula is C25H21N3O7. The van der Waals surface area contributed by atoms with Gasteiger partial charge in [0, 0.05) is 25.0 Å². The molecule has 3 amide bonds. The molecule has 35 heavy (non-hydrogen) atoms. The van der Waals surface area contributed by atoms with Crippen molar-refractivity contribution in [3.05, 3.63) is 88.0 Å². The van der Waals surface area contributed by atoms with Crippen molar-refractivity contribution in [2.45, 2.75) is 19.4 Å². The van der Waals surface area contributed by atoms with Crippen LogP contribution in [-0.4, -0.2) is 29.8 Å². The average molecular weight is 475 g/mol. The summed E-state index contributed by atoms with van der Waals surface area (Å²) in [6, 6.07) is 17.3. The molecule has 3 aromatic rings. The maximum absolute atomic E-state index is 13.0. The number of hydrogen-bond acceptors (Lipinski definition) is 7. The number of nitrogens with one attached hydrogen (secondary N) is 1. The van der Waals surface area contributed by atoms with E-state index in [2.05, 4.69) is 5.32 Å². The number of ether oxygens (including phenoxy) is 2. The van der Waals surface area contributed by atoms with E-state index in [9.17, 15) is 24.5 Å². The van der Waals surface area contributed by atoms with Gasteiger partial charge in [-0.15, -0.1) is 0 Å². The van der Waals surface area contributed by atoms with Crippen molar-refractivity contribution in [1.29, 1.82) is 0 Å². The highest BCUT2D eigenvalue weighted by Gasteiger charge is 2.30. The van der Waals surface area contributed by atoms with Crippen LogP contribution in [0, 0.1) is 10.1 Å². The number of anilines is 2. The summed E-state index contributed by atoms with van der Waals surface area (Å²) in [5.74, 6) is -0.389. The van der Waals surface area contributed by atoms with Crippen LogP contribution < -0.4 is 19.7 Å². The minimum absolute atomic E-state index is 0.132. The van der Waals surface area contributed by atoms with Crippen molar-refractivity contribution in [3.63, 3.8) is 0 Å². The normalized spacial score (nSPS) is 13.0. The van der Waals surface area contributed by atoms with Gasteiger partial charge in [0.05, 0.1) is 29.0 Å². The molecule has 0 spiro atoms. The van der Waals surface area contributed by atoms with E-state index in [1.165, 1.54) is 30.2 Å². The Morgan fingerprint density at radius 2 is 1.69 bits per heavy atom. The van der Waals surface area contributed by atoms with Crippen LogP contribution in [0.25, 0.3) is 0 Å². The van der Waals surface area contributed by atoms with Crippen LogP contribution in [0.1, 0.15) is 28.8 Å². The van der Waals surface area contributed by atoms with Crippen molar-refractivity contribution in [3.8, 4) is 11.5 Å². The smallest absolute Gasteiger partial charge is 0.271 e. The second-order valence-corrected chi connectivity index (χ2v) is 7.67. The third kappa shape index (κ3) is 5.11. The number of nitro groups is 1. The molecule has 1 heterocycles. The molecule has 1 saturated heterocycles. The van der Waals surface area contributed by atoms with E-state index in [4.69, 9.17) is 9.47 Å². The fraction of sp³-hybridized carbons (Fsp3) is 0.160. The highest BCUT2D eigenvalue weighted by Crippen LogP contribution is 2.30. The van der Waals surface area contributed by atoms with Gasteiger partial charge < -0.3 is 14.8 Å². The lowest BCUT2D eigenvalue weighted by molar-refractivity contribution is -0.384. The fourth-order valence-corrected chi connectivity index (χ4v) is 3.64. The van der Waals surface area contributed by atoms with Crippen molar-refractivity contribution in [2.24, 2.45) is 0 Å². The highest BCUT2D eigenvalue weighted by atomic mass is 16.6. The first-order valence-electron chi connectivity index (χ1n) is 10.7. The van der Waals surface area contributed by atoms with Gasteiger partial charge in [-0.2, -0.15) is 0 Å². The van der Waals surface area contributed by atoms with E-state index in [-0.39, 0.29) is 54.0 Å². The predicted molar refractivity (Wildman–Crippen MR) is 127 cm³/mol. The monoisotopic (exact) mass is 475 g/mol. The Bertz CT molecular complexity index is 1290. The summed E-state index contributed by atoms with van der Waals surface area (Å²) in [6.07, 6.45) is 0.426. The number of hydrogen-bond donors (Lipinski definition) is 1. The van der Waals surface area contributed by atoms with Crippen LogP contribution in [0.15, 0.2) is 66.7 Å². The first-order chi connectivity index (χ1) is 16.9. The molecule has 0 bridgehead atoms. The molecule has 0 unspecified atom stereocenters. The van der Waals surface area contributed by atoms with E-state index in [0.29, 0.717) is 11.4 Å². The van der Waals surface area contributed by atoms with E-state index in [0.717, 1.165) is 5.56 Å². The number of nitro benzene ring substituents is 1. The average Bonchev–Trinajstić information content (AvgIpc) is 3.20. The molecule has 1 N–H and O–H groups in total. The largest absolute Gasteiger partial charge is 0.495 e. The van der Waals surface area contributed by atoms with Crippen molar-refractivity contribution in [1.82, 2.24) is 0 Å². The lowest BCUT2D eigenvalue weighted by atomic mass is 10.1. The molecule has 0 aromatic heterocycles. The molecule has 1 fully saturated rings. The number of imide groups is 1. The second kappa shape index (κ2) is 10.0. The molecule has 10 nitrogen and oxygen atoms in total. The molecule has 3 aromatic carbocycles. The van der Waals surface area contributed by atoms with Gasteiger partial charge in [-0.1, -0.05) is 24.3 Å². The standard InChI is InChI=1S/C25H21N3O7/c1-34-22-11-10-18(28(32)33)14-20(22)26-25(31)19-4-2-3-5-21(19)35-15-16-6-8-17(9-7-16)27-23(29)12-13-24(27)30/h2-11,14H,12-13,15H2,1H3,(H,26,31). The molecule has 0 atom stereocenters. The Kier molecular flexibility index (Phi) is 6.72. The van der Waals surface area contributed by atoms with Crippen LogP contribution in [0.2, 0.25) is 0 Å². The lowest BCUT2D eigenvalue weighted by Gasteiger charge is -2.15. The Morgan fingerprint density at radius 1 is 1.00 bits per heavy atom. The number of carbonyl (C=O) groups excluding carboxylic acids is 3. The molecule has 178 valence electrons. The Morgan fingerprint density at radius 3 is 2.34 bits per heavy atom. The second-order valence-electron chi connectivity index (χ2n) is 7.67. The van der Waals surface area contributed by atoms with Gasteiger partial charge in [-0.05, 0) is 35.9 Å². The number of non-ortho nitro benzene ring substituents is 1. The van der Waals surface area contributed by atoms with Crippen LogP contribution in [0.4, 0.5) is 17.1 Å².